The van der Waals surface area contributed by atoms with Gasteiger partial charge in [0.25, 0.3) is 0 Å². The first-order valence-electron chi connectivity index (χ1n) is 8.32. The molecular weight excluding hydrogens is 324 g/mol. The van der Waals surface area contributed by atoms with Crippen molar-refractivity contribution in [2.75, 3.05) is 13.1 Å². The number of piperazine rings is 1. The lowest BCUT2D eigenvalue weighted by Crippen LogP contribution is -2.63. The predicted octanol–water partition coefficient (Wildman–Crippen LogP) is 4.19. The van der Waals surface area contributed by atoms with Crippen LogP contribution in [0.5, 0.6) is 0 Å². The Hall–Kier alpha value is -0.380. The van der Waals surface area contributed by atoms with Crippen LogP contribution in [0.2, 0.25) is 0 Å². The molecule has 1 unspecified atom stereocenters. The standard InChI is InChI=1S/C18H27BrN2/c1-14(2)17-11-20-18(8-3-4-9-18)13-21(17)12-15-6-5-7-16(19)10-15/h5-7,10,14,17,20H,3-4,8-9,11-13H2,1-2H3. The highest BCUT2D eigenvalue weighted by molar-refractivity contribution is 9.10. The number of hydrogen-bond acceptors (Lipinski definition) is 2. The summed E-state index contributed by atoms with van der Waals surface area (Å²) in [6, 6.07) is 9.43. The van der Waals surface area contributed by atoms with Crippen molar-refractivity contribution in [1.29, 1.82) is 0 Å². The molecule has 1 aliphatic heterocycles. The lowest BCUT2D eigenvalue weighted by molar-refractivity contribution is 0.0507. The topological polar surface area (TPSA) is 15.3 Å². The average Bonchev–Trinajstić information content (AvgIpc) is 2.86. The van der Waals surface area contributed by atoms with Gasteiger partial charge in [0.05, 0.1) is 0 Å². The molecule has 2 aliphatic rings. The van der Waals surface area contributed by atoms with E-state index < -0.39 is 0 Å². The lowest BCUT2D eigenvalue weighted by atomic mass is 9.88. The van der Waals surface area contributed by atoms with Crippen LogP contribution in [0.4, 0.5) is 0 Å². The van der Waals surface area contributed by atoms with E-state index in [0.717, 1.165) is 13.1 Å². The molecule has 116 valence electrons. The van der Waals surface area contributed by atoms with Crippen molar-refractivity contribution in [3.8, 4) is 0 Å². The van der Waals surface area contributed by atoms with E-state index in [-0.39, 0.29) is 0 Å². The van der Waals surface area contributed by atoms with Gasteiger partial charge in [-0.1, -0.05) is 54.8 Å². The highest BCUT2D eigenvalue weighted by Crippen LogP contribution is 2.35. The van der Waals surface area contributed by atoms with E-state index in [1.54, 1.807) is 0 Å². The number of nitrogens with zero attached hydrogens (tertiary/aromatic N) is 1. The molecule has 1 saturated heterocycles. The van der Waals surface area contributed by atoms with E-state index in [1.807, 2.05) is 0 Å². The molecule has 2 nitrogen and oxygen atoms in total. The third-order valence-corrected chi connectivity index (χ3v) is 5.76. The molecule has 0 bridgehead atoms. The van der Waals surface area contributed by atoms with Gasteiger partial charge in [-0.2, -0.15) is 0 Å². The normalized spacial score (nSPS) is 25.8. The van der Waals surface area contributed by atoms with Crippen LogP contribution in [0, 0.1) is 5.92 Å². The van der Waals surface area contributed by atoms with E-state index in [0.29, 0.717) is 17.5 Å². The van der Waals surface area contributed by atoms with Crippen LogP contribution in [0.1, 0.15) is 45.1 Å². The van der Waals surface area contributed by atoms with Crippen LogP contribution in [-0.2, 0) is 6.54 Å². The number of rotatable bonds is 3. The van der Waals surface area contributed by atoms with Gasteiger partial charge in [-0.05, 0) is 36.5 Å². The molecular formula is C18H27BrN2. The van der Waals surface area contributed by atoms with Crippen molar-refractivity contribution in [3.05, 3.63) is 34.3 Å². The molecule has 1 N–H and O–H groups in total. The third kappa shape index (κ3) is 3.52. The van der Waals surface area contributed by atoms with Gasteiger partial charge >= 0.3 is 0 Å². The van der Waals surface area contributed by atoms with Crippen LogP contribution in [0.3, 0.4) is 0 Å². The van der Waals surface area contributed by atoms with Crippen molar-refractivity contribution >= 4 is 15.9 Å². The van der Waals surface area contributed by atoms with E-state index in [4.69, 9.17) is 0 Å². The summed E-state index contributed by atoms with van der Waals surface area (Å²) < 4.78 is 1.19. The maximum absolute atomic E-state index is 3.90. The van der Waals surface area contributed by atoms with Gasteiger partial charge in [-0.3, -0.25) is 4.90 Å². The first-order chi connectivity index (χ1) is 10.1. The Morgan fingerprint density at radius 3 is 2.76 bits per heavy atom. The summed E-state index contributed by atoms with van der Waals surface area (Å²) in [5, 5.41) is 3.90. The molecule has 0 amide bonds. The fourth-order valence-electron chi connectivity index (χ4n) is 4.10. The molecule has 21 heavy (non-hydrogen) atoms. The highest BCUT2D eigenvalue weighted by atomic mass is 79.9. The average molecular weight is 351 g/mol. The summed E-state index contributed by atoms with van der Waals surface area (Å²) in [4.78, 5) is 2.73. The van der Waals surface area contributed by atoms with Gasteiger partial charge in [0.15, 0.2) is 0 Å². The zero-order chi connectivity index (χ0) is 14.9. The molecule has 1 aromatic carbocycles. The number of hydrogen-bond donors (Lipinski definition) is 1. The Kier molecular flexibility index (Phi) is 4.72. The fraction of sp³-hybridized carbons (Fsp3) is 0.667. The maximum atomic E-state index is 3.90. The van der Waals surface area contributed by atoms with Gasteiger partial charge < -0.3 is 5.32 Å². The SMILES string of the molecule is CC(C)C1CNC2(CCCC2)CN1Cc1cccc(Br)c1. The minimum Gasteiger partial charge on any atom is -0.308 e. The summed E-state index contributed by atoms with van der Waals surface area (Å²) in [5.41, 5.74) is 1.82. The van der Waals surface area contributed by atoms with Crippen molar-refractivity contribution in [2.24, 2.45) is 5.92 Å². The molecule has 3 rings (SSSR count). The molecule has 1 aliphatic carbocycles. The highest BCUT2D eigenvalue weighted by Gasteiger charge is 2.41. The van der Waals surface area contributed by atoms with Crippen molar-refractivity contribution in [3.63, 3.8) is 0 Å². The smallest absolute Gasteiger partial charge is 0.0309 e. The first-order valence-corrected chi connectivity index (χ1v) is 9.11. The lowest BCUT2D eigenvalue weighted by Gasteiger charge is -2.48. The van der Waals surface area contributed by atoms with Crippen LogP contribution < -0.4 is 5.32 Å². The second-order valence-corrected chi connectivity index (χ2v) is 8.13. The van der Waals surface area contributed by atoms with Crippen LogP contribution in [0.15, 0.2) is 28.7 Å². The second-order valence-electron chi connectivity index (χ2n) is 7.21. The van der Waals surface area contributed by atoms with Gasteiger partial charge in [-0.25, -0.2) is 0 Å². The molecule has 3 heteroatoms. The zero-order valence-corrected chi connectivity index (χ0v) is 14.8. The Labute approximate surface area is 137 Å². The molecule has 1 atom stereocenters. The molecule has 2 fully saturated rings. The Morgan fingerprint density at radius 1 is 1.33 bits per heavy atom. The number of halogens is 1. The monoisotopic (exact) mass is 350 g/mol. The van der Waals surface area contributed by atoms with Crippen molar-refractivity contribution < 1.29 is 0 Å². The minimum atomic E-state index is 0.400. The quantitative estimate of drug-likeness (QED) is 0.878. The predicted molar refractivity (Wildman–Crippen MR) is 92.4 cm³/mol. The summed E-state index contributed by atoms with van der Waals surface area (Å²) in [7, 11) is 0. The molecule has 1 aromatic rings. The fourth-order valence-corrected chi connectivity index (χ4v) is 4.55. The Bertz CT molecular complexity index is 480. The largest absolute Gasteiger partial charge is 0.308 e. The van der Waals surface area contributed by atoms with E-state index in [1.165, 1.54) is 42.3 Å². The summed E-state index contributed by atoms with van der Waals surface area (Å²) in [6.07, 6.45) is 5.49. The number of nitrogens with one attached hydrogen (secondary N) is 1. The Morgan fingerprint density at radius 2 is 2.10 bits per heavy atom. The molecule has 1 spiro atoms. The van der Waals surface area contributed by atoms with Gasteiger partial charge in [0.1, 0.15) is 0 Å². The second kappa shape index (κ2) is 6.39. The third-order valence-electron chi connectivity index (χ3n) is 5.27. The zero-order valence-electron chi connectivity index (χ0n) is 13.2. The van der Waals surface area contributed by atoms with Gasteiger partial charge in [-0.15, -0.1) is 0 Å². The molecule has 0 radical (unpaired) electrons. The summed E-state index contributed by atoms with van der Waals surface area (Å²) >= 11 is 3.60. The van der Waals surface area contributed by atoms with E-state index >= 15 is 0 Å². The summed E-state index contributed by atoms with van der Waals surface area (Å²) in [5.74, 6) is 0.698. The minimum absolute atomic E-state index is 0.400. The molecule has 0 aromatic heterocycles. The van der Waals surface area contributed by atoms with E-state index in [2.05, 4.69) is 64.3 Å². The summed E-state index contributed by atoms with van der Waals surface area (Å²) in [6.45, 7) is 8.14. The van der Waals surface area contributed by atoms with Gasteiger partial charge in [0.2, 0.25) is 0 Å². The van der Waals surface area contributed by atoms with Crippen LogP contribution >= 0.6 is 15.9 Å². The van der Waals surface area contributed by atoms with Crippen molar-refractivity contribution in [1.82, 2.24) is 10.2 Å². The van der Waals surface area contributed by atoms with E-state index in [9.17, 15) is 0 Å². The van der Waals surface area contributed by atoms with Crippen LogP contribution in [0.25, 0.3) is 0 Å². The maximum Gasteiger partial charge on any atom is 0.0309 e. The number of benzene rings is 1. The Balaban J connectivity index is 1.77. The van der Waals surface area contributed by atoms with Crippen molar-refractivity contribution in [2.45, 2.75) is 57.7 Å². The molecule has 1 heterocycles. The first kappa shape index (κ1) is 15.5. The van der Waals surface area contributed by atoms with Crippen LogP contribution in [-0.4, -0.2) is 29.6 Å². The molecule has 1 saturated carbocycles. The van der Waals surface area contributed by atoms with Gasteiger partial charge in [0, 0.05) is 35.7 Å².